The number of hydrogen-bond acceptors (Lipinski definition) is 1. The van der Waals surface area contributed by atoms with Gasteiger partial charge in [0.15, 0.2) is 0 Å². The quantitative estimate of drug-likeness (QED) is 0.588. The molecule has 0 radical (unpaired) electrons. The van der Waals surface area contributed by atoms with Crippen LogP contribution in [0.3, 0.4) is 0 Å². The van der Waals surface area contributed by atoms with E-state index in [1.54, 1.807) is 0 Å². The Morgan fingerprint density at radius 1 is 1.00 bits per heavy atom. The molecule has 2 aromatic carbocycles. The largest absolute Gasteiger partial charge is 0.457 e. The van der Waals surface area contributed by atoms with Crippen LogP contribution in [0.1, 0.15) is 37.5 Å². The van der Waals surface area contributed by atoms with Crippen LogP contribution in [0.25, 0.3) is 0 Å². The minimum atomic E-state index is 0.00884. The molecule has 0 aliphatic carbocycles. The molecule has 0 heterocycles. The van der Waals surface area contributed by atoms with Crippen LogP contribution in [0, 0.1) is 6.92 Å². The van der Waals surface area contributed by atoms with Crippen molar-refractivity contribution >= 4 is 23.2 Å². The third-order valence-electron chi connectivity index (χ3n) is 3.33. The van der Waals surface area contributed by atoms with Crippen molar-refractivity contribution in [3.8, 4) is 11.5 Å². The Balaban J connectivity index is 2.45. The van der Waals surface area contributed by atoms with Gasteiger partial charge in [-0.2, -0.15) is 0 Å². The second-order valence-electron chi connectivity index (χ2n) is 6.24. The standard InChI is InChI=1S/C18H20Cl2O/c1-12-5-7-17(15(9-12)18(2,3)4)21-16-8-6-14(20)10-13(16)11-19/h5-10H,11H2,1-4H3. The van der Waals surface area contributed by atoms with Crippen LogP contribution in [0.2, 0.25) is 5.02 Å². The zero-order valence-corrected chi connectivity index (χ0v) is 14.3. The SMILES string of the molecule is Cc1ccc(Oc2ccc(Cl)cc2CCl)c(C(C)(C)C)c1. The van der Waals surface area contributed by atoms with E-state index in [1.165, 1.54) is 11.1 Å². The minimum absolute atomic E-state index is 0.00884. The number of benzene rings is 2. The topological polar surface area (TPSA) is 9.23 Å². The van der Waals surface area contributed by atoms with Crippen molar-refractivity contribution in [2.24, 2.45) is 0 Å². The highest BCUT2D eigenvalue weighted by Gasteiger charge is 2.20. The van der Waals surface area contributed by atoms with Crippen molar-refractivity contribution in [1.29, 1.82) is 0 Å². The molecule has 0 spiro atoms. The average molecular weight is 323 g/mol. The molecule has 112 valence electrons. The Bertz CT molecular complexity index is 642. The summed E-state index contributed by atoms with van der Waals surface area (Å²) in [5.74, 6) is 1.98. The molecule has 3 heteroatoms. The molecule has 0 saturated heterocycles. The number of rotatable bonds is 3. The van der Waals surface area contributed by atoms with Crippen LogP contribution in [0.15, 0.2) is 36.4 Å². The zero-order chi connectivity index (χ0) is 15.6. The first-order chi connectivity index (χ1) is 9.81. The third kappa shape index (κ3) is 3.93. The van der Waals surface area contributed by atoms with Crippen molar-refractivity contribution in [3.05, 3.63) is 58.1 Å². The number of alkyl halides is 1. The number of aryl methyl sites for hydroxylation is 1. The maximum Gasteiger partial charge on any atom is 0.131 e. The lowest BCUT2D eigenvalue weighted by molar-refractivity contribution is 0.452. The van der Waals surface area contributed by atoms with Crippen molar-refractivity contribution in [1.82, 2.24) is 0 Å². The van der Waals surface area contributed by atoms with Gasteiger partial charge in [0.05, 0.1) is 5.88 Å². The van der Waals surface area contributed by atoms with Crippen LogP contribution < -0.4 is 4.74 Å². The molecular weight excluding hydrogens is 303 g/mol. The summed E-state index contributed by atoms with van der Waals surface area (Å²) in [5, 5.41) is 0.665. The van der Waals surface area contributed by atoms with Gasteiger partial charge in [-0.25, -0.2) is 0 Å². The summed E-state index contributed by atoms with van der Waals surface area (Å²) in [6.07, 6.45) is 0. The lowest BCUT2D eigenvalue weighted by Gasteiger charge is -2.24. The monoisotopic (exact) mass is 322 g/mol. The smallest absolute Gasteiger partial charge is 0.131 e. The average Bonchev–Trinajstić information content (AvgIpc) is 2.41. The number of hydrogen-bond donors (Lipinski definition) is 0. The first-order valence-corrected chi connectivity index (χ1v) is 7.86. The molecule has 0 aliphatic rings. The summed E-state index contributed by atoms with van der Waals surface area (Å²) in [4.78, 5) is 0. The Morgan fingerprint density at radius 2 is 1.67 bits per heavy atom. The lowest BCUT2D eigenvalue weighted by Crippen LogP contribution is -2.13. The van der Waals surface area contributed by atoms with Gasteiger partial charge in [-0.1, -0.05) is 50.1 Å². The summed E-state index contributed by atoms with van der Waals surface area (Å²) in [7, 11) is 0. The van der Waals surface area contributed by atoms with Crippen molar-refractivity contribution in [2.45, 2.75) is 39.0 Å². The highest BCUT2D eigenvalue weighted by molar-refractivity contribution is 6.30. The second-order valence-corrected chi connectivity index (χ2v) is 6.94. The molecule has 21 heavy (non-hydrogen) atoms. The predicted molar refractivity (Wildman–Crippen MR) is 91.0 cm³/mol. The van der Waals surface area contributed by atoms with Gasteiger partial charge in [0, 0.05) is 16.1 Å². The van der Waals surface area contributed by atoms with E-state index >= 15 is 0 Å². The fourth-order valence-corrected chi connectivity index (χ4v) is 2.59. The zero-order valence-electron chi connectivity index (χ0n) is 12.8. The van der Waals surface area contributed by atoms with Gasteiger partial charge < -0.3 is 4.74 Å². The summed E-state index contributed by atoms with van der Waals surface area (Å²) in [6.45, 7) is 8.63. The predicted octanol–water partition coefficient (Wildman–Crippen LogP) is 6.48. The minimum Gasteiger partial charge on any atom is -0.457 e. The van der Waals surface area contributed by atoms with Crippen LogP contribution >= 0.6 is 23.2 Å². The third-order valence-corrected chi connectivity index (χ3v) is 3.85. The molecule has 0 fully saturated rings. The van der Waals surface area contributed by atoms with Gasteiger partial charge in [-0.15, -0.1) is 11.6 Å². The molecule has 0 atom stereocenters. The molecule has 0 unspecified atom stereocenters. The van der Waals surface area contributed by atoms with Crippen molar-refractivity contribution in [3.63, 3.8) is 0 Å². The van der Waals surface area contributed by atoms with Crippen LogP contribution in [0.4, 0.5) is 0 Å². The van der Waals surface area contributed by atoms with Gasteiger partial charge in [-0.3, -0.25) is 0 Å². The van der Waals surface area contributed by atoms with Crippen molar-refractivity contribution in [2.75, 3.05) is 0 Å². The Hall–Kier alpha value is -1.18. The fraction of sp³-hybridized carbons (Fsp3) is 0.333. The lowest BCUT2D eigenvalue weighted by atomic mass is 9.85. The van der Waals surface area contributed by atoms with Gasteiger partial charge in [0.25, 0.3) is 0 Å². The maximum absolute atomic E-state index is 6.12. The van der Waals surface area contributed by atoms with E-state index in [-0.39, 0.29) is 5.41 Å². The molecular formula is C18H20Cl2O. The molecule has 0 aromatic heterocycles. The van der Waals surface area contributed by atoms with Crippen molar-refractivity contribution < 1.29 is 4.74 Å². The van der Waals surface area contributed by atoms with Crippen LogP contribution in [0.5, 0.6) is 11.5 Å². The summed E-state index contributed by atoms with van der Waals surface area (Å²) in [5.41, 5.74) is 3.30. The van der Waals surface area contributed by atoms with Gasteiger partial charge in [0.2, 0.25) is 0 Å². The maximum atomic E-state index is 6.12. The fourth-order valence-electron chi connectivity index (χ4n) is 2.19. The normalized spacial score (nSPS) is 11.5. The van der Waals surface area contributed by atoms with Crippen LogP contribution in [-0.4, -0.2) is 0 Å². The van der Waals surface area contributed by atoms with Crippen LogP contribution in [-0.2, 0) is 11.3 Å². The van der Waals surface area contributed by atoms with E-state index < -0.39 is 0 Å². The summed E-state index contributed by atoms with van der Waals surface area (Å²) < 4.78 is 6.12. The van der Waals surface area contributed by atoms with E-state index in [9.17, 15) is 0 Å². The van der Waals surface area contributed by atoms with E-state index in [0.29, 0.717) is 10.9 Å². The van der Waals surface area contributed by atoms with E-state index in [4.69, 9.17) is 27.9 Å². The highest BCUT2D eigenvalue weighted by atomic mass is 35.5. The Kier molecular flexibility index (Phi) is 4.85. The molecule has 0 amide bonds. The van der Waals surface area contributed by atoms with Gasteiger partial charge >= 0.3 is 0 Å². The summed E-state index contributed by atoms with van der Waals surface area (Å²) in [6, 6.07) is 11.8. The highest BCUT2D eigenvalue weighted by Crippen LogP contribution is 2.36. The van der Waals surface area contributed by atoms with E-state index in [1.807, 2.05) is 24.3 Å². The molecule has 1 nitrogen and oxygen atoms in total. The molecule has 2 rings (SSSR count). The van der Waals surface area contributed by atoms with E-state index in [2.05, 4.69) is 39.8 Å². The first-order valence-electron chi connectivity index (χ1n) is 6.94. The Labute approximate surface area is 136 Å². The molecule has 0 saturated carbocycles. The first kappa shape index (κ1) is 16.2. The molecule has 0 N–H and O–H groups in total. The molecule has 0 aliphatic heterocycles. The number of ether oxygens (including phenoxy) is 1. The number of halogens is 2. The Morgan fingerprint density at radius 3 is 2.29 bits per heavy atom. The molecule has 0 bridgehead atoms. The van der Waals surface area contributed by atoms with Gasteiger partial charge in [0.1, 0.15) is 11.5 Å². The van der Waals surface area contributed by atoms with Gasteiger partial charge in [-0.05, 0) is 36.6 Å². The second kappa shape index (κ2) is 6.29. The molecule has 2 aromatic rings. The summed E-state index contributed by atoms with van der Waals surface area (Å²) >= 11 is 12.0. The van der Waals surface area contributed by atoms with E-state index in [0.717, 1.165) is 17.1 Å².